The number of hydrogen-bond donors (Lipinski definition) is 0. The third-order valence-electron chi connectivity index (χ3n) is 1.19. The first-order valence-electron chi connectivity index (χ1n) is 3.49. The van der Waals surface area contributed by atoms with E-state index in [4.69, 9.17) is 11.6 Å². The lowest BCUT2D eigenvalue weighted by atomic mass is 10.1. The maximum Gasteiger partial charge on any atom is 0.0538 e. The lowest BCUT2D eigenvalue weighted by Crippen LogP contribution is -2.02. The zero-order chi connectivity index (χ0) is 7.28. The molecular weight excluding hydrogens is 132 g/mol. The van der Waals surface area contributed by atoms with Crippen LogP contribution in [-0.4, -0.2) is 5.38 Å². The summed E-state index contributed by atoms with van der Waals surface area (Å²) in [5.74, 6) is 0.550. The van der Waals surface area contributed by atoms with Crippen molar-refractivity contribution in [3.63, 3.8) is 0 Å². The Morgan fingerprint density at radius 1 is 1.44 bits per heavy atom. The second-order valence-electron chi connectivity index (χ2n) is 2.52. The van der Waals surface area contributed by atoms with Gasteiger partial charge in [0.2, 0.25) is 0 Å². The van der Waals surface area contributed by atoms with E-state index in [2.05, 4.69) is 32.9 Å². The van der Waals surface area contributed by atoms with E-state index >= 15 is 0 Å². The highest BCUT2D eigenvalue weighted by atomic mass is 35.5. The molecule has 0 aromatic heterocycles. The molecule has 1 atom stereocenters. The van der Waals surface area contributed by atoms with Crippen LogP contribution in [0, 0.1) is 5.92 Å². The van der Waals surface area contributed by atoms with Crippen molar-refractivity contribution < 1.29 is 0 Å². The molecule has 0 nitrogen and oxygen atoms in total. The second kappa shape index (κ2) is 4.87. The fourth-order valence-corrected chi connectivity index (χ4v) is 0.591. The minimum Gasteiger partial charge on any atom is -0.118 e. The Kier molecular flexibility index (Phi) is 4.88. The summed E-state index contributed by atoms with van der Waals surface area (Å²) < 4.78 is 0. The molecule has 0 saturated carbocycles. The van der Waals surface area contributed by atoms with Gasteiger partial charge in [0.05, 0.1) is 5.38 Å². The predicted molar refractivity (Wildman–Crippen MR) is 43.9 cm³/mol. The highest BCUT2D eigenvalue weighted by Gasteiger charge is 2.02. The van der Waals surface area contributed by atoms with Gasteiger partial charge in [-0.2, -0.15) is 0 Å². The van der Waals surface area contributed by atoms with Crippen LogP contribution < -0.4 is 0 Å². The molecule has 0 rings (SSSR count). The van der Waals surface area contributed by atoms with Crippen LogP contribution in [0.2, 0.25) is 0 Å². The predicted octanol–water partition coefficient (Wildman–Crippen LogP) is 3.22. The van der Waals surface area contributed by atoms with E-state index in [1.165, 1.54) is 0 Å². The van der Waals surface area contributed by atoms with Gasteiger partial charge in [0, 0.05) is 0 Å². The summed E-state index contributed by atoms with van der Waals surface area (Å²) in [4.78, 5) is 0. The summed E-state index contributed by atoms with van der Waals surface area (Å²) in [5.41, 5.74) is 0. The normalized spacial score (nSPS) is 15.2. The van der Waals surface area contributed by atoms with Crippen LogP contribution in [0.15, 0.2) is 12.2 Å². The molecular formula is C8H15Cl. The summed E-state index contributed by atoms with van der Waals surface area (Å²) in [6.45, 7) is 6.36. The molecule has 0 N–H and O–H groups in total. The number of hydrogen-bond acceptors (Lipinski definition) is 0. The molecule has 0 radical (unpaired) electrons. The molecule has 0 spiro atoms. The van der Waals surface area contributed by atoms with Gasteiger partial charge in [0.25, 0.3) is 0 Å². The van der Waals surface area contributed by atoms with Gasteiger partial charge in [0.1, 0.15) is 0 Å². The fourth-order valence-electron chi connectivity index (χ4n) is 0.488. The van der Waals surface area contributed by atoms with Gasteiger partial charge < -0.3 is 0 Å². The molecule has 0 bridgehead atoms. The molecule has 0 amide bonds. The summed E-state index contributed by atoms with van der Waals surface area (Å²) >= 11 is 5.91. The van der Waals surface area contributed by atoms with Crippen molar-refractivity contribution in [3.05, 3.63) is 12.2 Å². The molecule has 1 heteroatoms. The quantitative estimate of drug-likeness (QED) is 0.424. The zero-order valence-electron chi connectivity index (χ0n) is 6.39. The highest BCUT2D eigenvalue weighted by Crippen LogP contribution is 2.10. The van der Waals surface area contributed by atoms with Crippen molar-refractivity contribution in [3.8, 4) is 0 Å². The molecule has 0 aliphatic rings. The molecule has 0 aromatic carbocycles. The number of rotatable bonds is 3. The first-order valence-corrected chi connectivity index (χ1v) is 3.92. The first kappa shape index (κ1) is 9.03. The van der Waals surface area contributed by atoms with Crippen LogP contribution in [0.4, 0.5) is 0 Å². The summed E-state index contributed by atoms with van der Waals surface area (Å²) in [5, 5.41) is 0.213. The van der Waals surface area contributed by atoms with Gasteiger partial charge >= 0.3 is 0 Å². The van der Waals surface area contributed by atoms with Crippen LogP contribution in [0.5, 0.6) is 0 Å². The van der Waals surface area contributed by atoms with Gasteiger partial charge in [-0.1, -0.05) is 32.9 Å². The topological polar surface area (TPSA) is 0 Å². The van der Waals surface area contributed by atoms with Crippen LogP contribution in [0.3, 0.4) is 0 Å². The van der Waals surface area contributed by atoms with E-state index in [0.717, 1.165) is 6.42 Å². The van der Waals surface area contributed by atoms with Crippen LogP contribution in [0.1, 0.15) is 27.2 Å². The molecule has 9 heavy (non-hydrogen) atoms. The fraction of sp³-hybridized carbons (Fsp3) is 0.750. The summed E-state index contributed by atoms with van der Waals surface area (Å²) in [6.07, 6.45) is 5.25. The monoisotopic (exact) mass is 146 g/mol. The lowest BCUT2D eigenvalue weighted by molar-refractivity contribution is 0.670. The average molecular weight is 147 g/mol. The van der Waals surface area contributed by atoms with Crippen LogP contribution >= 0.6 is 11.6 Å². The Hall–Kier alpha value is 0.0300. The van der Waals surface area contributed by atoms with Crippen molar-refractivity contribution in [1.82, 2.24) is 0 Å². The largest absolute Gasteiger partial charge is 0.118 e. The van der Waals surface area contributed by atoms with Crippen molar-refractivity contribution in [1.29, 1.82) is 0 Å². The van der Waals surface area contributed by atoms with E-state index in [-0.39, 0.29) is 5.38 Å². The zero-order valence-corrected chi connectivity index (χ0v) is 7.15. The molecule has 0 heterocycles. The first-order chi connectivity index (χ1) is 4.18. The van der Waals surface area contributed by atoms with E-state index < -0.39 is 0 Å². The Morgan fingerprint density at radius 3 is 2.33 bits per heavy atom. The van der Waals surface area contributed by atoms with Crippen LogP contribution in [0.25, 0.3) is 0 Å². The SMILES string of the molecule is CCC=CC(Cl)C(C)C. The van der Waals surface area contributed by atoms with Crippen molar-refractivity contribution in [2.75, 3.05) is 0 Å². The summed E-state index contributed by atoms with van der Waals surface area (Å²) in [6, 6.07) is 0. The summed E-state index contributed by atoms with van der Waals surface area (Å²) in [7, 11) is 0. The standard InChI is InChI=1S/C8H15Cl/c1-4-5-6-8(9)7(2)3/h5-8H,4H2,1-3H3. The van der Waals surface area contributed by atoms with E-state index in [9.17, 15) is 0 Å². The highest BCUT2D eigenvalue weighted by molar-refractivity contribution is 6.21. The Morgan fingerprint density at radius 2 is 2.00 bits per heavy atom. The molecule has 0 saturated heterocycles. The Balaban J connectivity index is 3.48. The molecule has 0 aromatic rings. The average Bonchev–Trinajstić information content (AvgIpc) is 1.82. The smallest absolute Gasteiger partial charge is 0.0538 e. The maximum atomic E-state index is 5.91. The van der Waals surface area contributed by atoms with E-state index in [0.29, 0.717) is 5.92 Å². The molecule has 0 aliphatic carbocycles. The second-order valence-corrected chi connectivity index (χ2v) is 3.03. The third-order valence-corrected chi connectivity index (χ3v) is 1.84. The Bertz CT molecular complexity index is 84.6. The Labute approximate surface area is 62.9 Å². The minimum absolute atomic E-state index is 0.213. The van der Waals surface area contributed by atoms with Crippen molar-refractivity contribution >= 4 is 11.6 Å². The van der Waals surface area contributed by atoms with Gasteiger partial charge in [-0.15, -0.1) is 11.6 Å². The van der Waals surface area contributed by atoms with Gasteiger partial charge in [-0.25, -0.2) is 0 Å². The van der Waals surface area contributed by atoms with E-state index in [1.54, 1.807) is 0 Å². The van der Waals surface area contributed by atoms with Crippen molar-refractivity contribution in [2.24, 2.45) is 5.92 Å². The van der Waals surface area contributed by atoms with Gasteiger partial charge in [-0.05, 0) is 12.3 Å². The number of halogens is 1. The molecule has 0 fully saturated rings. The third kappa shape index (κ3) is 4.53. The molecule has 54 valence electrons. The number of alkyl halides is 1. The van der Waals surface area contributed by atoms with Gasteiger partial charge in [-0.3, -0.25) is 0 Å². The van der Waals surface area contributed by atoms with Gasteiger partial charge in [0.15, 0.2) is 0 Å². The van der Waals surface area contributed by atoms with Crippen molar-refractivity contribution in [2.45, 2.75) is 32.6 Å². The minimum atomic E-state index is 0.213. The van der Waals surface area contributed by atoms with E-state index in [1.807, 2.05) is 0 Å². The maximum absolute atomic E-state index is 5.91. The molecule has 0 aliphatic heterocycles. The van der Waals surface area contributed by atoms with Crippen LogP contribution in [-0.2, 0) is 0 Å². The molecule has 1 unspecified atom stereocenters. The number of allylic oxidation sites excluding steroid dienone is 2. The lowest BCUT2D eigenvalue weighted by Gasteiger charge is -2.06.